The molecule has 0 heterocycles. The van der Waals surface area contributed by atoms with Crippen molar-refractivity contribution in [2.45, 2.75) is 46.5 Å². The Morgan fingerprint density at radius 1 is 0.917 bits per heavy atom. The Hall–Kier alpha value is -2.29. The van der Waals surface area contributed by atoms with E-state index >= 15 is 0 Å². The lowest BCUT2D eigenvalue weighted by atomic mass is 9.71. The van der Waals surface area contributed by atoms with Crippen LogP contribution in [0.15, 0.2) is 42.5 Å². The fourth-order valence-electron chi connectivity index (χ4n) is 3.48. The second-order valence-electron chi connectivity index (χ2n) is 8.24. The molecular weight excluding hydrogens is 300 g/mol. The van der Waals surface area contributed by atoms with Crippen molar-refractivity contribution in [2.24, 2.45) is 5.41 Å². The number of benzene rings is 2. The molecule has 2 rings (SSSR count). The monoisotopic (exact) mass is 326 g/mol. The van der Waals surface area contributed by atoms with Gasteiger partial charge in [-0.15, -0.1) is 0 Å². The smallest absolute Gasteiger partial charge is 0.335 e. The van der Waals surface area contributed by atoms with Gasteiger partial charge in [-0.3, -0.25) is 0 Å². The zero-order chi connectivity index (χ0) is 18.1. The molecule has 0 fully saturated rings. The molecule has 0 aliphatic rings. The normalized spacial score (nSPS) is 12.2. The van der Waals surface area contributed by atoms with Crippen LogP contribution in [0.5, 0.6) is 5.75 Å². The van der Waals surface area contributed by atoms with Crippen LogP contribution in [0.1, 0.15) is 57.0 Å². The van der Waals surface area contributed by atoms with Crippen LogP contribution in [-0.4, -0.2) is 16.2 Å². The second-order valence-corrected chi connectivity index (χ2v) is 8.24. The van der Waals surface area contributed by atoms with Gasteiger partial charge in [0.2, 0.25) is 0 Å². The van der Waals surface area contributed by atoms with Crippen LogP contribution < -0.4 is 0 Å². The van der Waals surface area contributed by atoms with Crippen LogP contribution in [0.3, 0.4) is 0 Å². The fraction of sp³-hybridized carbons (Fsp3) is 0.381. The van der Waals surface area contributed by atoms with E-state index in [-0.39, 0.29) is 16.4 Å². The number of carboxylic acid groups (broad SMARTS) is 1. The first-order valence-corrected chi connectivity index (χ1v) is 8.17. The van der Waals surface area contributed by atoms with E-state index in [0.717, 1.165) is 23.1 Å². The molecule has 0 amide bonds. The van der Waals surface area contributed by atoms with E-state index in [1.807, 2.05) is 12.1 Å². The number of phenols is 1. The molecule has 0 unspecified atom stereocenters. The molecule has 3 nitrogen and oxygen atoms in total. The molecule has 128 valence electrons. The van der Waals surface area contributed by atoms with Crippen LogP contribution in [0.4, 0.5) is 0 Å². The molecule has 0 bridgehead atoms. The summed E-state index contributed by atoms with van der Waals surface area (Å²) in [5.41, 5.74) is 3.08. The van der Waals surface area contributed by atoms with Crippen molar-refractivity contribution in [2.75, 3.05) is 0 Å². The lowest BCUT2D eigenvalue weighted by Gasteiger charge is -2.33. The highest BCUT2D eigenvalue weighted by atomic mass is 16.4. The summed E-state index contributed by atoms with van der Waals surface area (Å²) in [5, 5.41) is 19.4. The minimum Gasteiger partial charge on any atom is -0.508 e. The summed E-state index contributed by atoms with van der Waals surface area (Å²) in [6.45, 7) is 10.9. The number of rotatable bonds is 4. The summed E-state index contributed by atoms with van der Waals surface area (Å²) in [7, 11) is 0. The molecule has 3 heteroatoms. The van der Waals surface area contributed by atoms with Crippen molar-refractivity contribution < 1.29 is 15.0 Å². The number of hydrogen-bond acceptors (Lipinski definition) is 2. The Balaban J connectivity index is 2.43. The number of hydrogen-bond donors (Lipinski definition) is 2. The molecule has 0 radical (unpaired) electrons. The largest absolute Gasteiger partial charge is 0.508 e. The maximum absolute atomic E-state index is 11.0. The average molecular weight is 326 g/mol. The molecule has 24 heavy (non-hydrogen) atoms. The Morgan fingerprint density at radius 3 is 1.96 bits per heavy atom. The van der Waals surface area contributed by atoms with Crippen LogP contribution in [0, 0.1) is 5.41 Å². The first kappa shape index (κ1) is 18.1. The summed E-state index contributed by atoms with van der Waals surface area (Å²) < 4.78 is 0. The Labute approximate surface area is 144 Å². The van der Waals surface area contributed by atoms with Gasteiger partial charge in [0.25, 0.3) is 0 Å². The number of carbonyl (C=O) groups is 1. The van der Waals surface area contributed by atoms with Gasteiger partial charge < -0.3 is 10.2 Å². The maximum atomic E-state index is 11.0. The summed E-state index contributed by atoms with van der Waals surface area (Å²) in [6, 6.07) is 12.4. The zero-order valence-electron chi connectivity index (χ0n) is 15.1. The SMILES string of the molecule is CC(C)(C)CC(C)(C)c1cc(-c2ccc(C(=O)O)cc2)ccc1O. The molecular formula is C21H26O3. The van der Waals surface area contributed by atoms with E-state index < -0.39 is 5.97 Å². The van der Waals surface area contributed by atoms with Crippen LogP contribution >= 0.6 is 0 Å². The van der Waals surface area contributed by atoms with Gasteiger partial charge in [0.1, 0.15) is 5.75 Å². The average Bonchev–Trinajstić information content (AvgIpc) is 2.45. The van der Waals surface area contributed by atoms with Gasteiger partial charge in [-0.25, -0.2) is 4.79 Å². The Morgan fingerprint density at radius 2 is 1.46 bits per heavy atom. The van der Waals surface area contributed by atoms with Gasteiger partial charge >= 0.3 is 5.97 Å². The third-order valence-electron chi connectivity index (χ3n) is 4.16. The number of aromatic carboxylic acids is 1. The fourth-order valence-corrected chi connectivity index (χ4v) is 3.48. The van der Waals surface area contributed by atoms with Crippen molar-refractivity contribution in [1.29, 1.82) is 0 Å². The lowest BCUT2D eigenvalue weighted by molar-refractivity contribution is 0.0697. The minimum absolute atomic E-state index is 0.148. The molecule has 0 saturated heterocycles. The van der Waals surface area contributed by atoms with E-state index in [9.17, 15) is 9.90 Å². The van der Waals surface area contributed by atoms with Crippen molar-refractivity contribution in [3.05, 3.63) is 53.6 Å². The molecule has 0 atom stereocenters. The van der Waals surface area contributed by atoms with Gasteiger partial charge in [0.05, 0.1) is 5.56 Å². The molecule has 0 aromatic heterocycles. The van der Waals surface area contributed by atoms with Gasteiger partial charge in [-0.05, 0) is 52.6 Å². The Kier molecular flexibility index (Phi) is 4.75. The van der Waals surface area contributed by atoms with Gasteiger partial charge in [0, 0.05) is 5.56 Å². The summed E-state index contributed by atoms with van der Waals surface area (Å²) in [5.74, 6) is -0.630. The number of phenolic OH excluding ortho intramolecular Hbond substituents is 1. The predicted molar refractivity (Wildman–Crippen MR) is 97.6 cm³/mol. The highest BCUT2D eigenvalue weighted by molar-refractivity contribution is 5.88. The molecule has 2 aromatic rings. The maximum Gasteiger partial charge on any atom is 0.335 e. The first-order chi connectivity index (χ1) is 11.0. The van der Waals surface area contributed by atoms with Gasteiger partial charge in [0.15, 0.2) is 0 Å². The molecule has 0 aliphatic carbocycles. The molecule has 0 saturated carbocycles. The zero-order valence-corrected chi connectivity index (χ0v) is 15.1. The topological polar surface area (TPSA) is 57.5 Å². The van der Waals surface area contributed by atoms with E-state index in [1.165, 1.54) is 0 Å². The Bertz CT molecular complexity index is 735. The van der Waals surface area contributed by atoms with E-state index in [1.54, 1.807) is 30.3 Å². The van der Waals surface area contributed by atoms with Crippen LogP contribution in [0.2, 0.25) is 0 Å². The lowest BCUT2D eigenvalue weighted by Crippen LogP contribution is -2.25. The third kappa shape index (κ3) is 4.16. The number of aromatic hydroxyl groups is 1. The predicted octanol–water partition coefficient (Wildman–Crippen LogP) is 5.47. The minimum atomic E-state index is -0.931. The van der Waals surface area contributed by atoms with Gasteiger partial charge in [-0.2, -0.15) is 0 Å². The molecule has 2 N–H and O–H groups in total. The van der Waals surface area contributed by atoms with Crippen molar-refractivity contribution in [3.63, 3.8) is 0 Å². The first-order valence-electron chi connectivity index (χ1n) is 8.17. The number of carboxylic acids is 1. The molecule has 0 aliphatic heterocycles. The van der Waals surface area contributed by atoms with Crippen molar-refractivity contribution in [1.82, 2.24) is 0 Å². The summed E-state index contributed by atoms with van der Waals surface area (Å²) >= 11 is 0. The van der Waals surface area contributed by atoms with Gasteiger partial charge in [-0.1, -0.05) is 52.8 Å². The van der Waals surface area contributed by atoms with E-state index in [0.29, 0.717) is 5.75 Å². The summed E-state index contributed by atoms with van der Waals surface area (Å²) in [4.78, 5) is 11.0. The quantitative estimate of drug-likeness (QED) is 0.783. The summed E-state index contributed by atoms with van der Waals surface area (Å²) in [6.07, 6.45) is 0.939. The van der Waals surface area contributed by atoms with Crippen LogP contribution in [0.25, 0.3) is 11.1 Å². The molecule has 2 aromatic carbocycles. The second kappa shape index (κ2) is 6.31. The van der Waals surface area contributed by atoms with Crippen LogP contribution in [-0.2, 0) is 5.41 Å². The molecule has 0 spiro atoms. The van der Waals surface area contributed by atoms with E-state index in [4.69, 9.17) is 5.11 Å². The van der Waals surface area contributed by atoms with Crippen molar-refractivity contribution in [3.8, 4) is 16.9 Å². The van der Waals surface area contributed by atoms with E-state index in [2.05, 4.69) is 34.6 Å². The highest BCUT2D eigenvalue weighted by Gasteiger charge is 2.29. The third-order valence-corrected chi connectivity index (χ3v) is 4.16. The highest BCUT2D eigenvalue weighted by Crippen LogP contribution is 2.41. The standard InChI is InChI=1S/C21H26O3/c1-20(2,3)13-21(4,5)17-12-16(10-11-18(17)22)14-6-8-15(9-7-14)19(23)24/h6-12,22H,13H2,1-5H3,(H,23,24). The van der Waals surface area contributed by atoms with Crippen molar-refractivity contribution >= 4 is 5.97 Å².